The Balaban J connectivity index is 4.38. The molecule has 79 heavy (non-hydrogen) atoms. The van der Waals surface area contributed by atoms with Crippen molar-refractivity contribution < 1.29 is 28.6 Å². The van der Waals surface area contributed by atoms with E-state index >= 15 is 0 Å². The van der Waals surface area contributed by atoms with Gasteiger partial charge in [-0.2, -0.15) is 0 Å². The van der Waals surface area contributed by atoms with Gasteiger partial charge in [-0.25, -0.2) is 0 Å². The lowest BCUT2D eigenvalue weighted by atomic mass is 10.0. The maximum atomic E-state index is 12.9. The van der Waals surface area contributed by atoms with E-state index in [2.05, 4.69) is 167 Å². The molecule has 1 atom stereocenters. The molecule has 0 saturated heterocycles. The third kappa shape index (κ3) is 64.0. The van der Waals surface area contributed by atoms with Gasteiger partial charge in [0, 0.05) is 19.3 Å². The minimum absolute atomic E-state index is 0.0967. The Morgan fingerprint density at radius 2 is 0.494 bits per heavy atom. The molecular formula is C73H118O6. The molecule has 0 spiro atoms. The van der Waals surface area contributed by atoms with E-state index in [-0.39, 0.29) is 31.1 Å². The van der Waals surface area contributed by atoms with E-state index < -0.39 is 6.10 Å². The fourth-order valence-electron chi connectivity index (χ4n) is 8.53. The van der Waals surface area contributed by atoms with Crippen LogP contribution in [-0.2, 0) is 28.6 Å². The Labute approximate surface area is 487 Å². The van der Waals surface area contributed by atoms with Gasteiger partial charge in [-0.15, -0.1) is 0 Å². The summed E-state index contributed by atoms with van der Waals surface area (Å²) in [6.45, 7) is 6.32. The minimum atomic E-state index is -0.803. The smallest absolute Gasteiger partial charge is 0.306 e. The van der Waals surface area contributed by atoms with Crippen molar-refractivity contribution in [1.82, 2.24) is 0 Å². The highest BCUT2D eigenvalue weighted by Gasteiger charge is 2.19. The minimum Gasteiger partial charge on any atom is -0.462 e. The van der Waals surface area contributed by atoms with Crippen LogP contribution in [0, 0.1) is 0 Å². The maximum Gasteiger partial charge on any atom is 0.306 e. The molecule has 0 aromatic carbocycles. The summed E-state index contributed by atoms with van der Waals surface area (Å²) >= 11 is 0. The first-order valence-corrected chi connectivity index (χ1v) is 32.3. The highest BCUT2D eigenvalue weighted by atomic mass is 16.6. The van der Waals surface area contributed by atoms with Crippen molar-refractivity contribution in [3.8, 4) is 0 Å². The molecule has 0 fully saturated rings. The van der Waals surface area contributed by atoms with Crippen molar-refractivity contribution in [3.05, 3.63) is 146 Å². The van der Waals surface area contributed by atoms with E-state index in [4.69, 9.17) is 14.2 Å². The number of carbonyl (C=O) groups excluding carboxylic acids is 3. The van der Waals surface area contributed by atoms with Gasteiger partial charge in [-0.05, 0) is 135 Å². The van der Waals surface area contributed by atoms with E-state index in [9.17, 15) is 14.4 Å². The summed E-state index contributed by atoms with van der Waals surface area (Å²) in [6, 6.07) is 0. The van der Waals surface area contributed by atoms with Gasteiger partial charge in [-0.3, -0.25) is 14.4 Å². The zero-order valence-corrected chi connectivity index (χ0v) is 51.1. The van der Waals surface area contributed by atoms with Crippen LogP contribution in [0.1, 0.15) is 278 Å². The summed E-state index contributed by atoms with van der Waals surface area (Å²) < 4.78 is 16.9. The third-order valence-electron chi connectivity index (χ3n) is 13.3. The molecule has 0 aliphatic carbocycles. The van der Waals surface area contributed by atoms with Gasteiger partial charge in [0.2, 0.25) is 0 Å². The zero-order valence-electron chi connectivity index (χ0n) is 51.1. The first-order chi connectivity index (χ1) is 39.0. The second-order valence-electron chi connectivity index (χ2n) is 20.9. The van der Waals surface area contributed by atoms with Gasteiger partial charge in [0.15, 0.2) is 6.10 Å². The van der Waals surface area contributed by atoms with Gasteiger partial charge < -0.3 is 14.2 Å². The first kappa shape index (κ1) is 74.3. The van der Waals surface area contributed by atoms with E-state index in [0.717, 1.165) is 173 Å². The molecule has 0 bridgehead atoms. The van der Waals surface area contributed by atoms with Crippen LogP contribution in [-0.4, -0.2) is 37.2 Å². The second kappa shape index (κ2) is 65.8. The first-order valence-electron chi connectivity index (χ1n) is 32.3. The molecule has 0 aromatic heterocycles. The van der Waals surface area contributed by atoms with Gasteiger partial charge in [0.25, 0.3) is 0 Å². The summed E-state index contributed by atoms with van der Waals surface area (Å²) in [6.07, 6.45) is 94.2. The van der Waals surface area contributed by atoms with E-state index in [1.165, 1.54) is 64.2 Å². The Kier molecular flexibility index (Phi) is 61.9. The number of ether oxygens (including phenoxy) is 3. The topological polar surface area (TPSA) is 78.9 Å². The molecule has 6 heteroatoms. The molecule has 0 aliphatic rings. The second-order valence-corrected chi connectivity index (χ2v) is 20.9. The third-order valence-corrected chi connectivity index (χ3v) is 13.3. The Morgan fingerprint density at radius 3 is 0.772 bits per heavy atom. The largest absolute Gasteiger partial charge is 0.462 e. The molecule has 1 unspecified atom stereocenters. The lowest BCUT2D eigenvalue weighted by Gasteiger charge is -2.18. The van der Waals surface area contributed by atoms with Crippen LogP contribution < -0.4 is 0 Å². The average Bonchev–Trinajstić information content (AvgIpc) is 3.45. The standard InChI is InChI=1S/C73H118O6/c1-4-7-10-13-16-19-22-25-27-29-31-33-34-35-36-37-38-40-41-43-45-48-51-54-57-60-63-66-72(75)78-69-70(68-77-71(74)65-62-59-56-53-50-47-24-21-18-15-12-9-6-3)79-73(76)67-64-61-58-55-52-49-46-44-42-39-32-30-28-26-23-20-17-14-11-8-5-2/h7-8,10-12,15-17,19-21,24-28,31-33,35-36,39,44,46,70H,4-6,9,13-14,18,22-23,29-30,34,37-38,40-43,45,47-69H2,1-3H3/b10-7-,11-8-,15-12-,19-16-,20-17-,24-21-,27-25-,28-26-,33-31-,36-35-,39-32-,46-44-. The Hall–Kier alpha value is -4.71. The molecule has 0 radical (unpaired) electrons. The summed E-state index contributed by atoms with van der Waals surface area (Å²) in [5, 5.41) is 0. The van der Waals surface area contributed by atoms with E-state index in [1.807, 2.05) is 0 Å². The molecule has 0 rings (SSSR count). The van der Waals surface area contributed by atoms with Crippen LogP contribution in [0.5, 0.6) is 0 Å². The number of unbranched alkanes of at least 4 members (excludes halogenated alkanes) is 22. The Morgan fingerprint density at radius 1 is 0.266 bits per heavy atom. The van der Waals surface area contributed by atoms with Gasteiger partial charge in [-0.1, -0.05) is 269 Å². The van der Waals surface area contributed by atoms with Crippen LogP contribution in [0.2, 0.25) is 0 Å². The highest BCUT2D eigenvalue weighted by molar-refractivity contribution is 5.71. The van der Waals surface area contributed by atoms with Crippen molar-refractivity contribution in [2.75, 3.05) is 13.2 Å². The van der Waals surface area contributed by atoms with E-state index in [0.29, 0.717) is 19.3 Å². The van der Waals surface area contributed by atoms with Crippen molar-refractivity contribution in [2.45, 2.75) is 284 Å². The fourth-order valence-corrected chi connectivity index (χ4v) is 8.53. The van der Waals surface area contributed by atoms with Gasteiger partial charge in [0.1, 0.15) is 13.2 Å². The molecule has 446 valence electrons. The molecule has 0 aromatic rings. The van der Waals surface area contributed by atoms with Gasteiger partial charge in [0.05, 0.1) is 0 Å². The predicted octanol–water partition coefficient (Wildman–Crippen LogP) is 22.3. The van der Waals surface area contributed by atoms with Crippen LogP contribution in [0.4, 0.5) is 0 Å². The predicted molar refractivity (Wildman–Crippen MR) is 343 cm³/mol. The number of hydrogen-bond acceptors (Lipinski definition) is 6. The van der Waals surface area contributed by atoms with Crippen molar-refractivity contribution >= 4 is 17.9 Å². The molecule has 0 saturated carbocycles. The Bertz CT molecular complexity index is 1730. The lowest BCUT2D eigenvalue weighted by molar-refractivity contribution is -0.167. The number of allylic oxidation sites excluding steroid dienone is 24. The fraction of sp³-hybridized carbons (Fsp3) is 0.630. The summed E-state index contributed by atoms with van der Waals surface area (Å²) in [4.78, 5) is 38.3. The van der Waals surface area contributed by atoms with Crippen molar-refractivity contribution in [2.24, 2.45) is 0 Å². The molecule has 0 aliphatic heterocycles. The number of esters is 3. The van der Waals surface area contributed by atoms with Crippen LogP contribution in [0.3, 0.4) is 0 Å². The summed E-state index contributed by atoms with van der Waals surface area (Å²) in [5.41, 5.74) is 0. The summed E-state index contributed by atoms with van der Waals surface area (Å²) in [7, 11) is 0. The lowest BCUT2D eigenvalue weighted by Crippen LogP contribution is -2.30. The quantitative estimate of drug-likeness (QED) is 0.0261. The van der Waals surface area contributed by atoms with Gasteiger partial charge >= 0.3 is 17.9 Å². The maximum absolute atomic E-state index is 12.9. The van der Waals surface area contributed by atoms with Crippen LogP contribution in [0.15, 0.2) is 146 Å². The number of rotatable bonds is 57. The normalized spacial score (nSPS) is 13.1. The molecule has 0 N–H and O–H groups in total. The van der Waals surface area contributed by atoms with Crippen molar-refractivity contribution in [1.29, 1.82) is 0 Å². The van der Waals surface area contributed by atoms with Crippen LogP contribution >= 0.6 is 0 Å². The average molecular weight is 1090 g/mol. The molecular weight excluding hydrogens is 973 g/mol. The monoisotopic (exact) mass is 1090 g/mol. The number of carbonyl (C=O) groups is 3. The molecule has 6 nitrogen and oxygen atoms in total. The SMILES string of the molecule is CC/C=C\C/C=C\C/C=C\C/C=C\C/C=C\CCCCCCCCCCCCCC(=O)OCC(COC(=O)CCCCCCC/C=C\C/C=C\CCC)OC(=O)CCCCCCC/C=C\C/C=C\C/C=C\C/C=C\C/C=C\CC. The molecule has 0 heterocycles. The van der Waals surface area contributed by atoms with E-state index in [1.54, 1.807) is 0 Å². The van der Waals surface area contributed by atoms with Crippen LogP contribution in [0.25, 0.3) is 0 Å². The number of hydrogen-bond donors (Lipinski definition) is 0. The molecule has 0 amide bonds. The summed E-state index contributed by atoms with van der Waals surface area (Å²) in [5.74, 6) is -0.933. The van der Waals surface area contributed by atoms with Crippen molar-refractivity contribution in [3.63, 3.8) is 0 Å². The highest BCUT2D eigenvalue weighted by Crippen LogP contribution is 2.15. The zero-order chi connectivity index (χ0) is 57.1.